The molecule has 3 aliphatic rings. The summed E-state index contributed by atoms with van der Waals surface area (Å²) in [4.78, 5) is 6.76. The van der Waals surface area contributed by atoms with Crippen LogP contribution in [0.25, 0.3) is 0 Å². The first-order valence-electron chi connectivity index (χ1n) is 6.17. The molecule has 1 aromatic heterocycles. The zero-order chi connectivity index (χ0) is 11.6. The minimum atomic E-state index is 0.348. The third kappa shape index (κ3) is 1.34. The van der Waals surface area contributed by atoms with E-state index in [-0.39, 0.29) is 0 Å². The summed E-state index contributed by atoms with van der Waals surface area (Å²) < 4.78 is 7.00. The van der Waals surface area contributed by atoms with Crippen molar-refractivity contribution in [2.75, 3.05) is 13.6 Å². The van der Waals surface area contributed by atoms with Crippen LogP contribution in [0.3, 0.4) is 0 Å². The van der Waals surface area contributed by atoms with E-state index in [2.05, 4.69) is 32.9 Å². The molecular formula is C13H15BrN2O. The molecule has 4 rings (SSSR count). The predicted octanol–water partition coefficient (Wildman–Crippen LogP) is 2.32. The number of rotatable bonds is 2. The summed E-state index contributed by atoms with van der Waals surface area (Å²) in [5, 5.41) is 0. The van der Waals surface area contributed by atoms with Crippen LogP contribution in [0.5, 0.6) is 5.88 Å². The molecule has 2 heterocycles. The highest BCUT2D eigenvalue weighted by Gasteiger charge is 2.74. The first-order chi connectivity index (χ1) is 8.19. The third-order valence-electron chi connectivity index (χ3n) is 4.76. The van der Waals surface area contributed by atoms with Crippen molar-refractivity contribution in [1.29, 1.82) is 0 Å². The summed E-state index contributed by atoms with van der Waals surface area (Å²) >= 11 is 3.39. The van der Waals surface area contributed by atoms with Gasteiger partial charge in [-0.3, -0.25) is 4.90 Å². The summed E-state index contributed by atoms with van der Waals surface area (Å²) in [5.41, 5.74) is 0.634. The van der Waals surface area contributed by atoms with Gasteiger partial charge in [-0.05, 0) is 53.2 Å². The Morgan fingerprint density at radius 2 is 2.35 bits per heavy atom. The largest absolute Gasteiger partial charge is 0.473 e. The van der Waals surface area contributed by atoms with Gasteiger partial charge in [0.1, 0.15) is 6.10 Å². The molecule has 3 fully saturated rings. The van der Waals surface area contributed by atoms with E-state index >= 15 is 0 Å². The topological polar surface area (TPSA) is 25.4 Å². The maximum absolute atomic E-state index is 6.01. The normalized spacial score (nSPS) is 42.6. The first kappa shape index (κ1) is 10.3. The zero-order valence-electron chi connectivity index (χ0n) is 9.77. The van der Waals surface area contributed by atoms with Gasteiger partial charge in [0.2, 0.25) is 5.88 Å². The highest BCUT2D eigenvalue weighted by atomic mass is 79.9. The molecule has 2 aliphatic carbocycles. The SMILES string of the molecule is CN1CC2CC23CC(Oc2ccc(Br)cn2)C13. The second kappa shape index (κ2) is 3.23. The van der Waals surface area contributed by atoms with Crippen LogP contribution in [0.4, 0.5) is 0 Å². The number of hydrogen-bond acceptors (Lipinski definition) is 3. The Morgan fingerprint density at radius 3 is 3.06 bits per heavy atom. The van der Waals surface area contributed by atoms with Crippen molar-refractivity contribution >= 4 is 15.9 Å². The summed E-state index contributed by atoms with van der Waals surface area (Å²) in [7, 11) is 2.23. The van der Waals surface area contributed by atoms with Crippen LogP contribution in [0.1, 0.15) is 12.8 Å². The monoisotopic (exact) mass is 294 g/mol. The Morgan fingerprint density at radius 1 is 1.47 bits per heavy atom. The number of halogens is 1. The van der Waals surface area contributed by atoms with Crippen molar-refractivity contribution in [2.24, 2.45) is 11.3 Å². The molecule has 4 unspecified atom stereocenters. The van der Waals surface area contributed by atoms with Crippen LogP contribution < -0.4 is 4.74 Å². The van der Waals surface area contributed by atoms with E-state index in [9.17, 15) is 0 Å². The van der Waals surface area contributed by atoms with Gasteiger partial charge in [0, 0.05) is 23.3 Å². The number of likely N-dealkylation sites (tertiary alicyclic amines) is 1. The number of pyridine rings is 1. The third-order valence-corrected chi connectivity index (χ3v) is 5.23. The molecule has 4 heteroatoms. The van der Waals surface area contributed by atoms with Gasteiger partial charge in [-0.25, -0.2) is 4.98 Å². The summed E-state index contributed by atoms with van der Waals surface area (Å²) in [6, 6.07) is 4.56. The number of aromatic nitrogens is 1. The molecule has 17 heavy (non-hydrogen) atoms. The molecule has 3 nitrogen and oxygen atoms in total. The van der Waals surface area contributed by atoms with E-state index in [1.165, 1.54) is 19.4 Å². The van der Waals surface area contributed by atoms with Crippen molar-refractivity contribution in [1.82, 2.24) is 9.88 Å². The van der Waals surface area contributed by atoms with Crippen molar-refractivity contribution in [3.8, 4) is 5.88 Å². The lowest BCUT2D eigenvalue weighted by atomic mass is 9.73. The molecule has 4 atom stereocenters. The fourth-order valence-corrected chi connectivity index (χ4v) is 4.19. The van der Waals surface area contributed by atoms with Crippen molar-refractivity contribution in [3.05, 3.63) is 22.8 Å². The molecule has 0 N–H and O–H groups in total. The average Bonchev–Trinajstić information content (AvgIpc) is 2.91. The van der Waals surface area contributed by atoms with Crippen molar-refractivity contribution in [2.45, 2.75) is 25.0 Å². The fourth-order valence-electron chi connectivity index (χ4n) is 3.95. The first-order valence-corrected chi connectivity index (χ1v) is 6.97. The molecule has 0 amide bonds. The molecule has 0 aromatic carbocycles. The number of likely N-dealkylation sites (N-methyl/N-ethyl adjacent to an activating group) is 1. The Bertz CT molecular complexity index is 463. The lowest BCUT2D eigenvalue weighted by molar-refractivity contribution is -0.0340. The van der Waals surface area contributed by atoms with Crippen LogP contribution in [-0.4, -0.2) is 35.6 Å². The summed E-state index contributed by atoms with van der Waals surface area (Å²) in [6.07, 6.45) is 4.79. The van der Waals surface area contributed by atoms with Gasteiger partial charge >= 0.3 is 0 Å². The fraction of sp³-hybridized carbons (Fsp3) is 0.615. The maximum Gasteiger partial charge on any atom is 0.213 e. The van der Waals surface area contributed by atoms with Gasteiger partial charge in [-0.2, -0.15) is 0 Å². The number of nitrogens with zero attached hydrogens (tertiary/aromatic N) is 2. The second-order valence-corrected chi connectivity index (χ2v) is 6.61. The Hall–Kier alpha value is -0.610. The second-order valence-electron chi connectivity index (χ2n) is 5.69. The molecule has 0 bridgehead atoms. The molecule has 1 spiro atoms. The van der Waals surface area contributed by atoms with Crippen LogP contribution in [-0.2, 0) is 0 Å². The van der Waals surface area contributed by atoms with E-state index < -0.39 is 0 Å². The molecule has 1 aliphatic heterocycles. The predicted molar refractivity (Wildman–Crippen MR) is 67.9 cm³/mol. The summed E-state index contributed by atoms with van der Waals surface area (Å²) in [5.74, 6) is 1.71. The molecule has 90 valence electrons. The zero-order valence-corrected chi connectivity index (χ0v) is 11.4. The van der Waals surface area contributed by atoms with Gasteiger partial charge in [0.15, 0.2) is 0 Å². The van der Waals surface area contributed by atoms with Gasteiger partial charge in [0.05, 0.1) is 6.04 Å². The average molecular weight is 295 g/mol. The maximum atomic E-state index is 6.01. The van der Waals surface area contributed by atoms with Crippen LogP contribution >= 0.6 is 15.9 Å². The van der Waals surface area contributed by atoms with Gasteiger partial charge in [0.25, 0.3) is 0 Å². The molecular weight excluding hydrogens is 280 g/mol. The van der Waals surface area contributed by atoms with Crippen LogP contribution in [0, 0.1) is 11.3 Å². The number of hydrogen-bond donors (Lipinski definition) is 0. The van der Waals surface area contributed by atoms with E-state index in [0.717, 1.165) is 16.3 Å². The van der Waals surface area contributed by atoms with Crippen LogP contribution in [0.2, 0.25) is 0 Å². The highest BCUT2D eigenvalue weighted by Crippen LogP contribution is 2.71. The van der Waals surface area contributed by atoms with Gasteiger partial charge < -0.3 is 4.74 Å². The van der Waals surface area contributed by atoms with E-state index in [1.54, 1.807) is 6.20 Å². The van der Waals surface area contributed by atoms with Crippen molar-refractivity contribution in [3.63, 3.8) is 0 Å². The quantitative estimate of drug-likeness (QED) is 0.837. The van der Waals surface area contributed by atoms with E-state index in [4.69, 9.17) is 4.74 Å². The minimum absolute atomic E-state index is 0.348. The van der Waals surface area contributed by atoms with E-state index in [1.807, 2.05) is 12.1 Å². The van der Waals surface area contributed by atoms with Gasteiger partial charge in [-0.1, -0.05) is 0 Å². The van der Waals surface area contributed by atoms with Crippen molar-refractivity contribution < 1.29 is 4.74 Å². The van der Waals surface area contributed by atoms with Gasteiger partial charge in [-0.15, -0.1) is 0 Å². The smallest absolute Gasteiger partial charge is 0.213 e. The lowest BCUT2D eigenvalue weighted by Crippen LogP contribution is -2.56. The highest BCUT2D eigenvalue weighted by molar-refractivity contribution is 9.10. The van der Waals surface area contributed by atoms with E-state index in [0.29, 0.717) is 17.6 Å². The standard InChI is InChI=1S/C13H15BrN2O/c1-16-7-8-4-13(8)5-10(12(13)16)17-11-3-2-9(14)6-15-11/h2-3,6,8,10,12H,4-5,7H2,1H3. The molecule has 1 aromatic rings. The molecule has 0 radical (unpaired) electrons. The molecule has 2 saturated carbocycles. The Balaban J connectivity index is 1.49. The summed E-state index contributed by atoms with van der Waals surface area (Å²) in [6.45, 7) is 1.26. The van der Waals surface area contributed by atoms with Crippen LogP contribution in [0.15, 0.2) is 22.8 Å². The minimum Gasteiger partial charge on any atom is -0.473 e. The lowest BCUT2D eigenvalue weighted by Gasteiger charge is -2.46. The number of piperidine rings is 1. The Kier molecular flexibility index (Phi) is 1.96. The Labute approximate surface area is 109 Å². The number of ether oxygens (including phenoxy) is 1. The molecule has 1 saturated heterocycles.